The lowest BCUT2D eigenvalue weighted by atomic mass is 9.89. The van der Waals surface area contributed by atoms with Crippen LogP contribution in [0.2, 0.25) is 0 Å². The first kappa shape index (κ1) is 16.4. The summed E-state index contributed by atoms with van der Waals surface area (Å²) in [6, 6.07) is 0.415. The van der Waals surface area contributed by atoms with Crippen molar-refractivity contribution < 1.29 is 14.1 Å². The summed E-state index contributed by atoms with van der Waals surface area (Å²) in [5, 5.41) is 13.3. The monoisotopic (exact) mass is 303 g/mol. The number of aliphatic hydroxyl groups is 1. The number of rotatable bonds is 6. The number of nitrogens with one attached hydrogen (secondary N) is 1. The second kappa shape index (κ2) is 8.47. The van der Waals surface area contributed by atoms with Gasteiger partial charge in [0.25, 0.3) is 0 Å². The van der Waals surface area contributed by atoms with Gasteiger partial charge >= 0.3 is 0 Å². The molecule has 2 N–H and O–H groups in total. The van der Waals surface area contributed by atoms with Crippen molar-refractivity contribution in [2.24, 2.45) is 5.92 Å². The van der Waals surface area contributed by atoms with Crippen LogP contribution in [0.15, 0.2) is 0 Å². The zero-order valence-electron chi connectivity index (χ0n) is 12.6. The third kappa shape index (κ3) is 5.80. The van der Waals surface area contributed by atoms with Gasteiger partial charge in [-0.2, -0.15) is 0 Å². The average Bonchev–Trinajstić information content (AvgIpc) is 2.46. The zero-order chi connectivity index (χ0) is 14.4. The molecule has 1 aliphatic heterocycles. The minimum atomic E-state index is -0.612. The standard InChI is InChI=1S/C15H29NO3S/c1-12-2-4-15(5-3-12)19-11-14(17)10-16-13-6-8-20(18)9-7-13/h12-17H,2-11H2,1H3. The molecule has 2 aliphatic rings. The van der Waals surface area contributed by atoms with Crippen LogP contribution >= 0.6 is 0 Å². The first-order valence-corrected chi connectivity index (χ1v) is 9.50. The van der Waals surface area contributed by atoms with Gasteiger partial charge in [-0.1, -0.05) is 6.92 Å². The summed E-state index contributed by atoms with van der Waals surface area (Å²) in [4.78, 5) is 0. The van der Waals surface area contributed by atoms with E-state index in [1.807, 2.05) is 0 Å². The van der Waals surface area contributed by atoms with Crippen LogP contribution in [0.4, 0.5) is 0 Å². The van der Waals surface area contributed by atoms with Gasteiger partial charge in [0.1, 0.15) is 0 Å². The number of hydrogen-bond donors (Lipinski definition) is 2. The van der Waals surface area contributed by atoms with Gasteiger partial charge in [-0.15, -0.1) is 0 Å². The highest BCUT2D eigenvalue weighted by Gasteiger charge is 2.21. The molecule has 1 atom stereocenters. The van der Waals surface area contributed by atoms with Crippen molar-refractivity contribution in [3.63, 3.8) is 0 Å². The summed E-state index contributed by atoms with van der Waals surface area (Å²) >= 11 is 0. The molecule has 1 unspecified atom stereocenters. The molecule has 0 bridgehead atoms. The van der Waals surface area contributed by atoms with E-state index in [1.54, 1.807) is 0 Å². The number of aliphatic hydroxyl groups excluding tert-OH is 1. The van der Waals surface area contributed by atoms with Crippen molar-refractivity contribution in [2.75, 3.05) is 24.7 Å². The summed E-state index contributed by atoms with van der Waals surface area (Å²) in [5.74, 6) is 2.42. The van der Waals surface area contributed by atoms with E-state index in [1.165, 1.54) is 12.8 Å². The van der Waals surface area contributed by atoms with Gasteiger partial charge in [0.2, 0.25) is 0 Å². The molecule has 0 aromatic carbocycles. The lowest BCUT2D eigenvalue weighted by Gasteiger charge is -2.28. The van der Waals surface area contributed by atoms with Crippen LogP contribution < -0.4 is 5.32 Å². The van der Waals surface area contributed by atoms with Crippen molar-refractivity contribution in [2.45, 2.75) is 63.7 Å². The van der Waals surface area contributed by atoms with E-state index in [0.717, 1.165) is 43.1 Å². The van der Waals surface area contributed by atoms with Crippen LogP contribution in [0.25, 0.3) is 0 Å². The summed E-state index contributed by atoms with van der Waals surface area (Å²) < 4.78 is 17.1. The van der Waals surface area contributed by atoms with E-state index < -0.39 is 16.9 Å². The SMILES string of the molecule is CC1CCC(OCC(O)CNC2CCS(=O)CC2)CC1. The number of ether oxygens (including phenoxy) is 1. The fourth-order valence-electron chi connectivity index (χ4n) is 3.00. The molecule has 1 aliphatic carbocycles. The van der Waals surface area contributed by atoms with Crippen molar-refractivity contribution >= 4 is 10.8 Å². The topological polar surface area (TPSA) is 58.6 Å². The zero-order valence-corrected chi connectivity index (χ0v) is 13.4. The Balaban J connectivity index is 1.54. The third-order valence-electron chi connectivity index (χ3n) is 4.52. The predicted molar refractivity (Wildman–Crippen MR) is 82.3 cm³/mol. The van der Waals surface area contributed by atoms with Gasteiger partial charge in [0.05, 0.1) is 18.8 Å². The van der Waals surface area contributed by atoms with E-state index >= 15 is 0 Å². The maximum Gasteiger partial charge on any atom is 0.0897 e. The van der Waals surface area contributed by atoms with Crippen LogP contribution in [-0.4, -0.2) is 52.2 Å². The Bertz CT molecular complexity index is 295. The molecule has 20 heavy (non-hydrogen) atoms. The molecule has 1 saturated heterocycles. The lowest BCUT2D eigenvalue weighted by Crippen LogP contribution is -2.41. The molecule has 0 aromatic heterocycles. The second-order valence-electron chi connectivity index (χ2n) is 6.40. The van der Waals surface area contributed by atoms with Crippen molar-refractivity contribution in [3.8, 4) is 0 Å². The summed E-state index contributed by atoms with van der Waals surface area (Å²) in [6.45, 7) is 3.32. The maximum absolute atomic E-state index is 11.3. The molecule has 2 rings (SSSR count). The van der Waals surface area contributed by atoms with Gasteiger partial charge in [-0.05, 0) is 44.4 Å². The number of hydrogen-bond acceptors (Lipinski definition) is 4. The summed E-state index contributed by atoms with van der Waals surface area (Å²) in [6.07, 6.45) is 6.60. The highest BCUT2D eigenvalue weighted by Crippen LogP contribution is 2.25. The maximum atomic E-state index is 11.3. The Labute approximate surface area is 125 Å². The summed E-state index contributed by atoms with van der Waals surface area (Å²) in [5.41, 5.74) is 0. The Hall–Kier alpha value is 0.0300. The molecule has 0 radical (unpaired) electrons. The van der Waals surface area contributed by atoms with Gasteiger partial charge in [0.15, 0.2) is 0 Å². The molecular formula is C15H29NO3S. The minimum Gasteiger partial charge on any atom is -0.389 e. The summed E-state index contributed by atoms with van der Waals surface area (Å²) in [7, 11) is -0.612. The molecule has 5 heteroatoms. The molecule has 1 heterocycles. The molecule has 1 saturated carbocycles. The molecule has 118 valence electrons. The molecular weight excluding hydrogens is 274 g/mol. The Morgan fingerprint density at radius 1 is 1.20 bits per heavy atom. The van der Waals surface area contributed by atoms with Crippen molar-refractivity contribution in [1.29, 1.82) is 0 Å². The first-order valence-electron chi connectivity index (χ1n) is 8.01. The Kier molecular flexibility index (Phi) is 6.94. The van der Waals surface area contributed by atoms with E-state index in [0.29, 0.717) is 25.3 Å². The molecule has 2 fully saturated rings. The van der Waals surface area contributed by atoms with Crippen LogP contribution in [0.3, 0.4) is 0 Å². The Morgan fingerprint density at radius 2 is 1.85 bits per heavy atom. The normalized spacial score (nSPS) is 36.7. The van der Waals surface area contributed by atoms with Crippen molar-refractivity contribution in [1.82, 2.24) is 5.32 Å². The smallest absolute Gasteiger partial charge is 0.0897 e. The third-order valence-corrected chi connectivity index (χ3v) is 5.90. The Morgan fingerprint density at radius 3 is 2.50 bits per heavy atom. The van der Waals surface area contributed by atoms with E-state index in [-0.39, 0.29) is 0 Å². The van der Waals surface area contributed by atoms with Gasteiger partial charge in [-0.25, -0.2) is 0 Å². The first-order chi connectivity index (χ1) is 9.63. The van der Waals surface area contributed by atoms with Crippen LogP contribution in [-0.2, 0) is 15.5 Å². The molecule has 0 spiro atoms. The van der Waals surface area contributed by atoms with Gasteiger partial charge in [0, 0.05) is 34.9 Å². The quantitative estimate of drug-likeness (QED) is 0.779. The fourth-order valence-corrected chi connectivity index (χ4v) is 4.30. The van der Waals surface area contributed by atoms with Crippen LogP contribution in [0.5, 0.6) is 0 Å². The fraction of sp³-hybridized carbons (Fsp3) is 1.00. The largest absolute Gasteiger partial charge is 0.389 e. The van der Waals surface area contributed by atoms with Crippen LogP contribution in [0, 0.1) is 5.92 Å². The second-order valence-corrected chi connectivity index (χ2v) is 8.10. The van der Waals surface area contributed by atoms with E-state index in [4.69, 9.17) is 4.74 Å². The lowest BCUT2D eigenvalue weighted by molar-refractivity contribution is -0.0284. The highest BCUT2D eigenvalue weighted by atomic mass is 32.2. The van der Waals surface area contributed by atoms with E-state index in [2.05, 4.69) is 12.2 Å². The molecule has 0 amide bonds. The van der Waals surface area contributed by atoms with Gasteiger partial charge in [-0.3, -0.25) is 4.21 Å². The molecule has 0 aromatic rings. The van der Waals surface area contributed by atoms with Crippen molar-refractivity contribution in [3.05, 3.63) is 0 Å². The van der Waals surface area contributed by atoms with Gasteiger partial charge < -0.3 is 15.2 Å². The average molecular weight is 303 g/mol. The highest BCUT2D eigenvalue weighted by molar-refractivity contribution is 7.85. The predicted octanol–water partition coefficient (Wildman–Crippen LogP) is 1.44. The minimum absolute atomic E-state index is 0.345. The van der Waals surface area contributed by atoms with E-state index in [9.17, 15) is 9.32 Å². The molecule has 4 nitrogen and oxygen atoms in total. The van der Waals surface area contributed by atoms with Crippen LogP contribution in [0.1, 0.15) is 45.4 Å².